The molecule has 0 amide bonds. The van der Waals surface area contributed by atoms with Crippen LogP contribution in [0.2, 0.25) is 0 Å². The molecule has 0 fully saturated rings. The van der Waals surface area contributed by atoms with E-state index in [9.17, 15) is 9.59 Å². The second kappa shape index (κ2) is 7.49. The molecular weight excluding hydrogens is 260 g/mol. The van der Waals surface area contributed by atoms with Crippen LogP contribution in [0.5, 0.6) is 5.75 Å². The molecule has 0 bridgehead atoms. The molecule has 1 aromatic rings. The first-order valence-corrected chi connectivity index (χ1v) is 6.40. The van der Waals surface area contributed by atoms with Crippen molar-refractivity contribution in [1.82, 2.24) is 4.90 Å². The van der Waals surface area contributed by atoms with Crippen LogP contribution in [-0.4, -0.2) is 48.5 Å². The maximum Gasteiger partial charge on any atom is 0.304 e. The van der Waals surface area contributed by atoms with Gasteiger partial charge in [0.15, 0.2) is 5.78 Å². The molecule has 0 radical (unpaired) electrons. The summed E-state index contributed by atoms with van der Waals surface area (Å²) in [6, 6.07) is 4.91. The number of nitrogens with zero attached hydrogens (tertiary/aromatic N) is 1. The molecule has 110 valence electrons. The average Bonchev–Trinajstić information content (AvgIpc) is 2.39. The zero-order valence-electron chi connectivity index (χ0n) is 11.8. The van der Waals surface area contributed by atoms with Crippen LogP contribution in [0, 0.1) is 0 Å². The number of ether oxygens (including phenoxy) is 1. The van der Waals surface area contributed by atoms with Crippen LogP contribution in [0.1, 0.15) is 23.7 Å². The molecule has 1 rings (SSSR count). The summed E-state index contributed by atoms with van der Waals surface area (Å²) in [6.45, 7) is 2.85. The Morgan fingerprint density at radius 1 is 1.40 bits per heavy atom. The van der Waals surface area contributed by atoms with E-state index in [-0.39, 0.29) is 18.7 Å². The molecule has 0 aromatic heterocycles. The molecular formula is C14H20N2O4. The van der Waals surface area contributed by atoms with Crippen molar-refractivity contribution < 1.29 is 19.4 Å². The number of hydrogen-bond acceptors (Lipinski definition) is 5. The predicted molar refractivity (Wildman–Crippen MR) is 76.1 cm³/mol. The number of nitrogens with two attached hydrogens (primary N) is 1. The van der Waals surface area contributed by atoms with Crippen LogP contribution in [0.4, 0.5) is 5.69 Å². The van der Waals surface area contributed by atoms with Gasteiger partial charge in [0.1, 0.15) is 5.75 Å². The summed E-state index contributed by atoms with van der Waals surface area (Å²) in [7, 11) is 1.71. The molecule has 0 spiro atoms. The zero-order chi connectivity index (χ0) is 15.1. The highest BCUT2D eigenvalue weighted by atomic mass is 16.5. The van der Waals surface area contributed by atoms with E-state index in [0.29, 0.717) is 30.2 Å². The van der Waals surface area contributed by atoms with Gasteiger partial charge in [-0.15, -0.1) is 0 Å². The number of carbonyl (C=O) groups is 2. The van der Waals surface area contributed by atoms with Crippen molar-refractivity contribution in [3.8, 4) is 5.75 Å². The van der Waals surface area contributed by atoms with Gasteiger partial charge in [-0.3, -0.25) is 14.5 Å². The highest BCUT2D eigenvalue weighted by Crippen LogP contribution is 2.22. The highest BCUT2D eigenvalue weighted by molar-refractivity contribution is 5.98. The van der Waals surface area contributed by atoms with Gasteiger partial charge in [0.05, 0.1) is 25.3 Å². The van der Waals surface area contributed by atoms with Crippen molar-refractivity contribution in [2.24, 2.45) is 0 Å². The van der Waals surface area contributed by atoms with E-state index in [2.05, 4.69) is 0 Å². The molecule has 0 aliphatic rings. The van der Waals surface area contributed by atoms with Crippen molar-refractivity contribution in [3.05, 3.63) is 23.8 Å². The number of hydrogen-bond donors (Lipinski definition) is 2. The third-order valence-electron chi connectivity index (χ3n) is 2.75. The first kappa shape index (κ1) is 16.0. The number of nitrogen functional groups attached to an aromatic ring is 1. The molecule has 0 atom stereocenters. The topological polar surface area (TPSA) is 92.9 Å². The second-order valence-electron chi connectivity index (χ2n) is 4.49. The van der Waals surface area contributed by atoms with E-state index < -0.39 is 5.97 Å². The molecule has 20 heavy (non-hydrogen) atoms. The van der Waals surface area contributed by atoms with Crippen molar-refractivity contribution in [1.29, 1.82) is 0 Å². The molecule has 0 saturated heterocycles. The van der Waals surface area contributed by atoms with Gasteiger partial charge < -0.3 is 15.6 Å². The van der Waals surface area contributed by atoms with Crippen LogP contribution in [0.3, 0.4) is 0 Å². The minimum atomic E-state index is -0.880. The Morgan fingerprint density at radius 3 is 2.65 bits per heavy atom. The van der Waals surface area contributed by atoms with Crippen LogP contribution in [0.25, 0.3) is 0 Å². The van der Waals surface area contributed by atoms with Gasteiger partial charge >= 0.3 is 5.97 Å². The molecule has 0 aliphatic heterocycles. The normalized spacial score (nSPS) is 10.6. The zero-order valence-corrected chi connectivity index (χ0v) is 11.8. The maximum atomic E-state index is 12.0. The quantitative estimate of drug-likeness (QED) is 0.550. The number of ketones is 1. The number of carbonyl (C=O) groups excluding carboxylic acids is 1. The second-order valence-corrected chi connectivity index (χ2v) is 4.49. The smallest absolute Gasteiger partial charge is 0.304 e. The Kier molecular flexibility index (Phi) is 5.99. The standard InChI is InChI=1S/C14H20N2O4/c1-3-20-13-5-4-10(8-11(13)15)12(17)9-16(2)7-6-14(18)19/h4-5,8H,3,6-7,9,15H2,1-2H3,(H,18,19). The van der Waals surface area contributed by atoms with Gasteiger partial charge in [-0.1, -0.05) is 0 Å². The summed E-state index contributed by atoms with van der Waals surface area (Å²) in [5, 5.41) is 8.59. The van der Waals surface area contributed by atoms with Crippen LogP contribution in [0.15, 0.2) is 18.2 Å². The molecule has 1 aromatic carbocycles. The number of aliphatic carboxylic acids is 1. The number of carboxylic acids is 1. The van der Waals surface area contributed by atoms with E-state index in [1.165, 1.54) is 0 Å². The summed E-state index contributed by atoms with van der Waals surface area (Å²) in [5.74, 6) is -0.425. The molecule has 0 aliphatic carbocycles. The van der Waals surface area contributed by atoms with Crippen molar-refractivity contribution in [2.75, 3.05) is 32.5 Å². The van der Waals surface area contributed by atoms with Gasteiger partial charge in [-0.25, -0.2) is 0 Å². The number of carboxylic acid groups (broad SMARTS) is 1. The van der Waals surface area contributed by atoms with Crippen molar-refractivity contribution in [2.45, 2.75) is 13.3 Å². The predicted octanol–water partition coefficient (Wildman–Crippen LogP) is 1.26. The Balaban J connectivity index is 2.63. The van der Waals surface area contributed by atoms with Crippen LogP contribution in [-0.2, 0) is 4.79 Å². The molecule has 6 heteroatoms. The lowest BCUT2D eigenvalue weighted by Crippen LogP contribution is -2.28. The lowest BCUT2D eigenvalue weighted by atomic mass is 10.1. The van der Waals surface area contributed by atoms with E-state index in [1.807, 2.05) is 6.92 Å². The molecule has 3 N–H and O–H groups in total. The summed E-state index contributed by atoms with van der Waals surface area (Å²) in [5.41, 5.74) is 6.72. The number of rotatable bonds is 8. The Hall–Kier alpha value is -2.08. The fourth-order valence-electron chi connectivity index (χ4n) is 1.71. The molecule has 0 heterocycles. The van der Waals surface area contributed by atoms with E-state index in [4.69, 9.17) is 15.6 Å². The third kappa shape index (κ3) is 4.89. The van der Waals surface area contributed by atoms with Gasteiger partial charge in [-0.2, -0.15) is 0 Å². The van der Waals surface area contributed by atoms with E-state index in [1.54, 1.807) is 30.1 Å². The van der Waals surface area contributed by atoms with Crippen molar-refractivity contribution in [3.63, 3.8) is 0 Å². The fraction of sp³-hybridized carbons (Fsp3) is 0.429. The third-order valence-corrected chi connectivity index (χ3v) is 2.75. The summed E-state index contributed by atoms with van der Waals surface area (Å²) in [4.78, 5) is 24.2. The first-order chi connectivity index (χ1) is 9.43. The summed E-state index contributed by atoms with van der Waals surface area (Å²) in [6.07, 6.45) is 0.00912. The van der Waals surface area contributed by atoms with E-state index in [0.717, 1.165) is 0 Å². The SMILES string of the molecule is CCOc1ccc(C(=O)CN(C)CCC(=O)O)cc1N. The Bertz CT molecular complexity index is 488. The van der Waals surface area contributed by atoms with Crippen molar-refractivity contribution >= 4 is 17.4 Å². The van der Waals surface area contributed by atoms with Crippen LogP contribution < -0.4 is 10.5 Å². The molecule has 0 saturated carbocycles. The number of benzene rings is 1. The number of anilines is 1. The number of Topliss-reactive ketones (excluding diaryl/α,β-unsaturated/α-hetero) is 1. The van der Waals surface area contributed by atoms with Gasteiger partial charge in [0, 0.05) is 12.1 Å². The fourth-order valence-corrected chi connectivity index (χ4v) is 1.71. The minimum Gasteiger partial charge on any atom is -0.492 e. The molecule has 0 unspecified atom stereocenters. The van der Waals surface area contributed by atoms with E-state index >= 15 is 0 Å². The van der Waals surface area contributed by atoms with Crippen LogP contribution >= 0.6 is 0 Å². The lowest BCUT2D eigenvalue weighted by Gasteiger charge is -2.15. The van der Waals surface area contributed by atoms with Gasteiger partial charge in [0.2, 0.25) is 0 Å². The minimum absolute atomic E-state index is 0.00912. The number of likely N-dealkylation sites (N-methyl/N-ethyl adjacent to an activating group) is 1. The highest BCUT2D eigenvalue weighted by Gasteiger charge is 2.12. The van der Waals surface area contributed by atoms with Gasteiger partial charge in [0.25, 0.3) is 0 Å². The monoisotopic (exact) mass is 280 g/mol. The average molecular weight is 280 g/mol. The first-order valence-electron chi connectivity index (χ1n) is 6.40. The maximum absolute atomic E-state index is 12.0. The Morgan fingerprint density at radius 2 is 2.10 bits per heavy atom. The largest absolute Gasteiger partial charge is 0.492 e. The summed E-state index contributed by atoms with van der Waals surface area (Å²) < 4.78 is 5.31. The van der Waals surface area contributed by atoms with Gasteiger partial charge in [-0.05, 0) is 32.2 Å². The lowest BCUT2D eigenvalue weighted by molar-refractivity contribution is -0.137. The summed E-state index contributed by atoms with van der Waals surface area (Å²) >= 11 is 0. The Labute approximate surface area is 118 Å². The molecule has 6 nitrogen and oxygen atoms in total.